The molecule has 6 heteroatoms. The van der Waals surface area contributed by atoms with Gasteiger partial charge in [0.05, 0.1) is 17.9 Å². The van der Waals surface area contributed by atoms with Crippen LogP contribution < -0.4 is 5.32 Å². The van der Waals surface area contributed by atoms with Gasteiger partial charge in [0.25, 0.3) is 0 Å². The number of aryl methyl sites for hydroxylation is 2. The smallest absolute Gasteiger partial charge is 0.341 e. The Labute approximate surface area is 162 Å². The van der Waals surface area contributed by atoms with Crippen LogP contribution in [0.4, 0.5) is 5.00 Å². The predicted octanol–water partition coefficient (Wildman–Crippen LogP) is 4.84. The average Bonchev–Trinajstić information content (AvgIpc) is 3.00. The second-order valence-electron chi connectivity index (χ2n) is 6.47. The largest absolute Gasteiger partial charge is 0.465 e. The fourth-order valence-electron chi connectivity index (χ4n) is 3.06. The molecule has 0 saturated carbocycles. The summed E-state index contributed by atoms with van der Waals surface area (Å²) in [7, 11) is 1.39. The molecular weight excluding hydrogens is 366 g/mol. The first-order valence-electron chi connectivity index (χ1n) is 8.76. The molecule has 0 radical (unpaired) electrons. The Balaban J connectivity index is 1.77. The number of benzene rings is 1. The van der Waals surface area contributed by atoms with Gasteiger partial charge in [0.1, 0.15) is 5.00 Å². The Bertz CT molecular complexity index is 811. The molecule has 138 valence electrons. The van der Waals surface area contributed by atoms with Crippen molar-refractivity contribution in [2.24, 2.45) is 0 Å². The van der Waals surface area contributed by atoms with Crippen LogP contribution in [0.15, 0.2) is 29.2 Å². The lowest BCUT2D eigenvalue weighted by Crippen LogP contribution is -2.23. The highest BCUT2D eigenvalue weighted by Crippen LogP contribution is 2.39. The molecule has 4 nitrogen and oxygen atoms in total. The van der Waals surface area contributed by atoms with Crippen molar-refractivity contribution >= 4 is 40.0 Å². The summed E-state index contributed by atoms with van der Waals surface area (Å²) >= 11 is 3.03. The molecule has 0 unspecified atom stereocenters. The van der Waals surface area contributed by atoms with Crippen LogP contribution in [0.5, 0.6) is 0 Å². The van der Waals surface area contributed by atoms with E-state index in [9.17, 15) is 9.59 Å². The van der Waals surface area contributed by atoms with Crippen LogP contribution in [0.2, 0.25) is 0 Å². The maximum atomic E-state index is 12.7. The number of carbonyl (C=O) groups is 2. The molecule has 1 aromatic carbocycles. The zero-order valence-electron chi connectivity index (χ0n) is 15.3. The van der Waals surface area contributed by atoms with E-state index in [0.717, 1.165) is 36.1 Å². The van der Waals surface area contributed by atoms with Crippen LogP contribution in [-0.4, -0.2) is 24.2 Å². The summed E-state index contributed by atoms with van der Waals surface area (Å²) in [5.74, 6) is -0.460. The van der Waals surface area contributed by atoms with E-state index in [0.29, 0.717) is 10.6 Å². The minimum Gasteiger partial charge on any atom is -0.465 e. The third kappa shape index (κ3) is 4.13. The first-order valence-corrected chi connectivity index (χ1v) is 10.5. The summed E-state index contributed by atoms with van der Waals surface area (Å²) in [5, 5.41) is 3.34. The van der Waals surface area contributed by atoms with Crippen molar-refractivity contribution in [1.82, 2.24) is 0 Å². The van der Waals surface area contributed by atoms with Gasteiger partial charge in [-0.05, 0) is 57.2 Å². The molecule has 0 saturated heterocycles. The van der Waals surface area contributed by atoms with Crippen LogP contribution in [0, 0.1) is 6.92 Å². The molecule has 1 N–H and O–H groups in total. The second-order valence-corrected chi connectivity index (χ2v) is 8.99. The quantitative estimate of drug-likeness (QED) is 0.587. The maximum absolute atomic E-state index is 12.7. The Hall–Kier alpha value is -1.79. The predicted molar refractivity (Wildman–Crippen MR) is 107 cm³/mol. The zero-order chi connectivity index (χ0) is 18.7. The molecule has 0 spiro atoms. The van der Waals surface area contributed by atoms with Gasteiger partial charge in [-0.2, -0.15) is 0 Å². The molecule has 2 aromatic rings. The van der Waals surface area contributed by atoms with Gasteiger partial charge >= 0.3 is 5.97 Å². The molecule has 0 aliphatic heterocycles. The Morgan fingerprint density at radius 2 is 1.88 bits per heavy atom. The lowest BCUT2D eigenvalue weighted by Gasteiger charge is -2.13. The first-order chi connectivity index (χ1) is 12.5. The normalized spacial score (nSPS) is 14.4. The number of hydrogen-bond acceptors (Lipinski definition) is 5. The fourth-order valence-corrected chi connectivity index (χ4v) is 5.21. The van der Waals surface area contributed by atoms with Crippen LogP contribution in [-0.2, 0) is 22.4 Å². The van der Waals surface area contributed by atoms with Crippen LogP contribution in [0.3, 0.4) is 0 Å². The number of anilines is 1. The van der Waals surface area contributed by atoms with Gasteiger partial charge in [-0.25, -0.2) is 4.79 Å². The molecule has 26 heavy (non-hydrogen) atoms. The number of nitrogens with one attached hydrogen (secondary N) is 1. The minimum atomic E-state index is -0.362. The number of amides is 1. The van der Waals surface area contributed by atoms with E-state index in [1.165, 1.54) is 40.6 Å². The molecule has 1 atom stereocenters. The van der Waals surface area contributed by atoms with E-state index < -0.39 is 0 Å². The van der Waals surface area contributed by atoms with Gasteiger partial charge < -0.3 is 10.1 Å². The van der Waals surface area contributed by atoms with Gasteiger partial charge in [0.2, 0.25) is 5.91 Å². The Morgan fingerprint density at radius 3 is 2.58 bits per heavy atom. The molecule has 1 aromatic heterocycles. The number of rotatable bonds is 5. The van der Waals surface area contributed by atoms with E-state index in [2.05, 4.69) is 5.32 Å². The van der Waals surface area contributed by atoms with Gasteiger partial charge in [-0.15, -0.1) is 23.1 Å². The van der Waals surface area contributed by atoms with Crippen molar-refractivity contribution in [1.29, 1.82) is 0 Å². The van der Waals surface area contributed by atoms with E-state index in [4.69, 9.17) is 4.74 Å². The van der Waals surface area contributed by atoms with Crippen molar-refractivity contribution in [3.05, 3.63) is 45.8 Å². The highest BCUT2D eigenvalue weighted by atomic mass is 32.2. The molecule has 3 rings (SSSR count). The summed E-state index contributed by atoms with van der Waals surface area (Å²) < 4.78 is 4.96. The minimum absolute atomic E-state index is 0.0978. The molecule has 1 amide bonds. The van der Waals surface area contributed by atoms with Crippen LogP contribution in [0.1, 0.15) is 46.1 Å². The van der Waals surface area contributed by atoms with E-state index in [1.807, 2.05) is 38.1 Å². The molecule has 0 bridgehead atoms. The van der Waals surface area contributed by atoms with E-state index in [1.54, 1.807) is 0 Å². The molecule has 1 aliphatic carbocycles. The number of carbonyl (C=O) groups excluding carboxylic acids is 2. The van der Waals surface area contributed by atoms with Crippen LogP contribution in [0.25, 0.3) is 0 Å². The topological polar surface area (TPSA) is 55.4 Å². The number of hydrogen-bond donors (Lipinski definition) is 1. The number of ether oxygens (including phenoxy) is 1. The van der Waals surface area contributed by atoms with Gasteiger partial charge in [0.15, 0.2) is 0 Å². The molecule has 1 aliphatic rings. The van der Waals surface area contributed by atoms with E-state index in [-0.39, 0.29) is 17.1 Å². The zero-order valence-corrected chi connectivity index (χ0v) is 16.9. The summed E-state index contributed by atoms with van der Waals surface area (Å²) in [6.45, 7) is 3.92. The molecular formula is C20H23NO3S2. The number of thioether (sulfide) groups is 1. The maximum Gasteiger partial charge on any atom is 0.341 e. The summed E-state index contributed by atoms with van der Waals surface area (Å²) in [6, 6.07) is 8.12. The monoisotopic (exact) mass is 389 g/mol. The van der Waals surface area contributed by atoms with Crippen molar-refractivity contribution in [2.45, 2.75) is 49.7 Å². The van der Waals surface area contributed by atoms with Crippen molar-refractivity contribution in [2.75, 3.05) is 12.4 Å². The standard InChI is InChI=1S/C20H23NO3S2/c1-12-8-10-14(11-9-12)25-13(2)18(22)21-19-17(20(23)24-3)15-6-4-5-7-16(15)26-19/h8-11,13H,4-7H2,1-3H3,(H,21,22)/t13-/m1/s1. The third-order valence-corrected chi connectivity index (χ3v) is 6.82. The highest BCUT2D eigenvalue weighted by molar-refractivity contribution is 8.00. The Kier molecular flexibility index (Phi) is 6.04. The number of methoxy groups -OCH3 is 1. The molecule has 0 fully saturated rings. The Morgan fingerprint density at radius 1 is 1.19 bits per heavy atom. The van der Waals surface area contributed by atoms with Crippen molar-refractivity contribution in [3.8, 4) is 0 Å². The van der Waals surface area contributed by atoms with E-state index >= 15 is 0 Å². The van der Waals surface area contributed by atoms with Crippen molar-refractivity contribution < 1.29 is 14.3 Å². The van der Waals surface area contributed by atoms with Gasteiger partial charge in [0, 0.05) is 9.77 Å². The molecule has 1 heterocycles. The number of thiophene rings is 1. The highest BCUT2D eigenvalue weighted by Gasteiger charge is 2.27. The van der Waals surface area contributed by atoms with Crippen molar-refractivity contribution in [3.63, 3.8) is 0 Å². The third-order valence-electron chi connectivity index (χ3n) is 4.50. The summed E-state index contributed by atoms with van der Waals surface area (Å²) in [4.78, 5) is 27.2. The van der Waals surface area contributed by atoms with Crippen LogP contribution >= 0.6 is 23.1 Å². The second kappa shape index (κ2) is 8.27. The first kappa shape index (κ1) is 19.0. The lowest BCUT2D eigenvalue weighted by molar-refractivity contribution is -0.115. The summed E-state index contributed by atoms with van der Waals surface area (Å²) in [6.07, 6.45) is 4.04. The summed E-state index contributed by atoms with van der Waals surface area (Å²) in [5.41, 5.74) is 2.80. The number of fused-ring (bicyclic) bond motifs is 1. The number of esters is 1. The van der Waals surface area contributed by atoms with Gasteiger partial charge in [-0.3, -0.25) is 4.79 Å². The average molecular weight is 390 g/mol. The SMILES string of the molecule is COC(=O)c1c(NC(=O)[C@@H](C)Sc2ccc(C)cc2)sc2c1CCCC2. The lowest BCUT2D eigenvalue weighted by atomic mass is 9.95. The van der Waals surface area contributed by atoms with Gasteiger partial charge in [-0.1, -0.05) is 17.7 Å². The fraction of sp³-hybridized carbons (Fsp3) is 0.400.